The van der Waals surface area contributed by atoms with Gasteiger partial charge >= 0.3 is 0 Å². The van der Waals surface area contributed by atoms with Crippen LogP contribution in [0.2, 0.25) is 0 Å². The zero-order chi connectivity index (χ0) is 13.8. The fourth-order valence-corrected chi connectivity index (χ4v) is 1.76. The molecule has 6 nitrogen and oxygen atoms in total. The maximum absolute atomic E-state index is 13.1. The third kappa shape index (κ3) is 3.06. The molecule has 1 aromatic heterocycles. The van der Waals surface area contributed by atoms with E-state index < -0.39 is 10.7 Å². The summed E-state index contributed by atoms with van der Waals surface area (Å²) >= 11 is 0. The van der Waals surface area contributed by atoms with Gasteiger partial charge in [0.05, 0.1) is 4.92 Å². The summed E-state index contributed by atoms with van der Waals surface area (Å²) in [5, 5.41) is 13.7. The third-order valence-electron chi connectivity index (χ3n) is 2.74. The Kier molecular flexibility index (Phi) is 3.74. The molecule has 0 aliphatic carbocycles. The summed E-state index contributed by atoms with van der Waals surface area (Å²) in [6.07, 6.45) is 4.09. The van der Waals surface area contributed by atoms with Crippen LogP contribution < -0.4 is 5.32 Å². The first kappa shape index (κ1) is 13.0. The van der Waals surface area contributed by atoms with E-state index in [2.05, 4.69) is 10.3 Å². The van der Waals surface area contributed by atoms with Crippen molar-refractivity contribution >= 4 is 11.4 Å². The van der Waals surface area contributed by atoms with Gasteiger partial charge in [0.1, 0.15) is 17.3 Å². The first-order valence-electron chi connectivity index (χ1n) is 5.72. The van der Waals surface area contributed by atoms with Crippen molar-refractivity contribution in [3.8, 4) is 0 Å². The van der Waals surface area contributed by atoms with Crippen LogP contribution in [-0.2, 0) is 13.5 Å². The number of rotatable bonds is 5. The van der Waals surface area contributed by atoms with Crippen molar-refractivity contribution in [2.75, 3.05) is 11.9 Å². The molecular weight excluding hydrogens is 251 g/mol. The lowest BCUT2D eigenvalue weighted by molar-refractivity contribution is -0.384. The number of anilines is 1. The van der Waals surface area contributed by atoms with Crippen LogP contribution in [-0.4, -0.2) is 21.0 Å². The first-order chi connectivity index (χ1) is 9.08. The predicted octanol–water partition coefficient (Wildman–Crippen LogP) is 2.12. The number of nitro benzene ring substituents is 1. The van der Waals surface area contributed by atoms with E-state index in [4.69, 9.17) is 0 Å². The van der Waals surface area contributed by atoms with Crippen LogP contribution in [0.3, 0.4) is 0 Å². The van der Waals surface area contributed by atoms with Gasteiger partial charge in [-0.15, -0.1) is 0 Å². The van der Waals surface area contributed by atoms with Crippen molar-refractivity contribution in [2.45, 2.75) is 6.42 Å². The lowest BCUT2D eigenvalue weighted by Crippen LogP contribution is -2.10. The summed E-state index contributed by atoms with van der Waals surface area (Å²) in [5.74, 6) is 0.344. The number of nitrogens with one attached hydrogen (secondary N) is 1. The molecule has 0 unspecified atom stereocenters. The van der Waals surface area contributed by atoms with Gasteiger partial charge in [-0.25, -0.2) is 9.37 Å². The average molecular weight is 264 g/mol. The molecule has 0 spiro atoms. The number of nitro groups is 1. The van der Waals surface area contributed by atoms with Gasteiger partial charge < -0.3 is 9.88 Å². The molecule has 1 heterocycles. The van der Waals surface area contributed by atoms with Crippen molar-refractivity contribution in [1.29, 1.82) is 0 Å². The van der Waals surface area contributed by atoms with E-state index in [0.717, 1.165) is 24.0 Å². The van der Waals surface area contributed by atoms with Crippen molar-refractivity contribution in [3.05, 3.63) is 52.3 Å². The highest BCUT2D eigenvalue weighted by Gasteiger charge is 2.14. The van der Waals surface area contributed by atoms with Gasteiger partial charge in [0, 0.05) is 44.5 Å². The fraction of sp³-hybridized carbons (Fsp3) is 0.250. The highest BCUT2D eigenvalue weighted by molar-refractivity contribution is 5.61. The second-order valence-corrected chi connectivity index (χ2v) is 4.05. The SMILES string of the molecule is Cn1ccnc1CCNc1cc(F)ccc1[N+](=O)[O-]. The Morgan fingerprint density at radius 2 is 2.32 bits per heavy atom. The summed E-state index contributed by atoms with van der Waals surface area (Å²) in [7, 11) is 1.87. The zero-order valence-electron chi connectivity index (χ0n) is 10.3. The first-order valence-corrected chi connectivity index (χ1v) is 5.72. The van der Waals surface area contributed by atoms with E-state index in [1.165, 1.54) is 0 Å². The van der Waals surface area contributed by atoms with Gasteiger partial charge in [-0.2, -0.15) is 0 Å². The number of nitrogens with zero attached hydrogens (tertiary/aromatic N) is 3. The van der Waals surface area contributed by atoms with E-state index in [1.54, 1.807) is 6.20 Å². The highest BCUT2D eigenvalue weighted by atomic mass is 19.1. The van der Waals surface area contributed by atoms with E-state index in [9.17, 15) is 14.5 Å². The molecule has 0 bridgehead atoms. The topological polar surface area (TPSA) is 73.0 Å². The lowest BCUT2D eigenvalue weighted by atomic mass is 10.2. The van der Waals surface area contributed by atoms with Gasteiger partial charge in [-0.3, -0.25) is 10.1 Å². The molecule has 100 valence electrons. The minimum absolute atomic E-state index is 0.138. The second kappa shape index (κ2) is 5.47. The van der Waals surface area contributed by atoms with Crippen LogP contribution in [0.1, 0.15) is 5.82 Å². The van der Waals surface area contributed by atoms with Crippen molar-refractivity contribution in [2.24, 2.45) is 7.05 Å². The summed E-state index contributed by atoms with van der Waals surface area (Å²) in [4.78, 5) is 14.4. The molecule has 0 fully saturated rings. The second-order valence-electron chi connectivity index (χ2n) is 4.05. The Labute approximate surface area is 109 Å². The number of hydrogen-bond acceptors (Lipinski definition) is 4. The lowest BCUT2D eigenvalue weighted by Gasteiger charge is -2.07. The van der Waals surface area contributed by atoms with E-state index in [-0.39, 0.29) is 11.4 Å². The number of imidazole rings is 1. The Hall–Kier alpha value is -2.44. The molecule has 1 N–H and O–H groups in total. The molecular formula is C12H13FN4O2. The highest BCUT2D eigenvalue weighted by Crippen LogP contribution is 2.24. The van der Waals surface area contributed by atoms with Crippen LogP contribution >= 0.6 is 0 Å². The molecule has 0 saturated heterocycles. The summed E-state index contributed by atoms with van der Waals surface area (Å²) < 4.78 is 15.0. The van der Waals surface area contributed by atoms with Crippen molar-refractivity contribution in [1.82, 2.24) is 9.55 Å². The molecule has 19 heavy (non-hydrogen) atoms. The van der Waals surface area contributed by atoms with Crippen LogP contribution in [0.4, 0.5) is 15.8 Å². The number of aromatic nitrogens is 2. The van der Waals surface area contributed by atoms with Gasteiger partial charge in [0.15, 0.2) is 0 Å². The van der Waals surface area contributed by atoms with E-state index >= 15 is 0 Å². The van der Waals surface area contributed by atoms with Crippen LogP contribution in [0, 0.1) is 15.9 Å². The number of halogens is 1. The van der Waals surface area contributed by atoms with Gasteiger partial charge in [0.2, 0.25) is 0 Å². The molecule has 1 aromatic carbocycles. The zero-order valence-corrected chi connectivity index (χ0v) is 10.3. The van der Waals surface area contributed by atoms with Crippen molar-refractivity contribution in [3.63, 3.8) is 0 Å². The van der Waals surface area contributed by atoms with Crippen LogP contribution in [0.15, 0.2) is 30.6 Å². The Balaban J connectivity index is 2.05. The van der Waals surface area contributed by atoms with E-state index in [0.29, 0.717) is 13.0 Å². The summed E-state index contributed by atoms with van der Waals surface area (Å²) in [6.45, 7) is 0.440. The molecule has 0 aliphatic rings. The van der Waals surface area contributed by atoms with E-state index in [1.807, 2.05) is 17.8 Å². The smallest absolute Gasteiger partial charge is 0.292 e. The standard InChI is InChI=1S/C12H13FN4O2/c1-16-7-6-15-12(16)4-5-14-10-8-9(13)2-3-11(10)17(18)19/h2-3,6-8,14H,4-5H2,1H3. The molecule has 0 aliphatic heterocycles. The summed E-state index contributed by atoms with van der Waals surface area (Å²) in [5.41, 5.74) is 0.0421. The van der Waals surface area contributed by atoms with Gasteiger partial charge in [-0.05, 0) is 6.07 Å². The molecule has 0 radical (unpaired) electrons. The maximum atomic E-state index is 13.1. The van der Waals surface area contributed by atoms with Crippen LogP contribution in [0.5, 0.6) is 0 Å². The van der Waals surface area contributed by atoms with Crippen LogP contribution in [0.25, 0.3) is 0 Å². The maximum Gasteiger partial charge on any atom is 0.292 e. The minimum atomic E-state index is -0.539. The van der Waals surface area contributed by atoms with Crippen molar-refractivity contribution < 1.29 is 9.31 Å². The number of aryl methyl sites for hydroxylation is 1. The third-order valence-corrected chi connectivity index (χ3v) is 2.74. The monoisotopic (exact) mass is 264 g/mol. The van der Waals surface area contributed by atoms with Gasteiger partial charge in [-0.1, -0.05) is 0 Å². The molecule has 0 saturated carbocycles. The molecule has 0 atom stereocenters. The molecule has 0 amide bonds. The number of hydrogen-bond donors (Lipinski definition) is 1. The molecule has 2 aromatic rings. The predicted molar refractivity (Wildman–Crippen MR) is 68.5 cm³/mol. The molecule has 2 rings (SSSR count). The Morgan fingerprint density at radius 1 is 1.53 bits per heavy atom. The molecule has 7 heteroatoms. The quantitative estimate of drug-likeness (QED) is 0.663. The normalized spacial score (nSPS) is 10.4. The Bertz CT molecular complexity index is 597. The summed E-state index contributed by atoms with van der Waals surface area (Å²) in [6, 6.07) is 3.34. The fourth-order valence-electron chi connectivity index (χ4n) is 1.76. The average Bonchev–Trinajstić information content (AvgIpc) is 2.75. The number of benzene rings is 1. The Morgan fingerprint density at radius 3 is 2.95 bits per heavy atom. The minimum Gasteiger partial charge on any atom is -0.379 e. The van der Waals surface area contributed by atoms with Gasteiger partial charge in [0.25, 0.3) is 5.69 Å². The largest absolute Gasteiger partial charge is 0.379 e.